The Morgan fingerprint density at radius 1 is 1.31 bits per heavy atom. The summed E-state index contributed by atoms with van der Waals surface area (Å²) in [5, 5.41) is 0.510. The highest BCUT2D eigenvalue weighted by Gasteiger charge is 2.14. The number of aromatic amines is 1. The highest BCUT2D eigenvalue weighted by molar-refractivity contribution is 6.69. The third kappa shape index (κ3) is 1.32. The van der Waals surface area contributed by atoms with Gasteiger partial charge in [0.25, 0.3) is 5.24 Å². The smallest absolute Gasteiger partial charge is 0.256 e. The zero-order valence-electron chi connectivity index (χ0n) is 6.47. The monoisotopic (exact) mass is 213 g/mol. The molecule has 0 saturated carbocycles. The Morgan fingerprint density at radius 2 is 2.00 bits per heavy atom. The molecule has 0 saturated heterocycles. The van der Waals surface area contributed by atoms with Crippen LogP contribution in [0.25, 0.3) is 10.9 Å². The third-order valence-corrected chi connectivity index (χ3v) is 2.33. The number of benzene rings is 1. The highest BCUT2D eigenvalue weighted by Crippen LogP contribution is 2.26. The van der Waals surface area contributed by atoms with E-state index in [0.29, 0.717) is 10.7 Å². The van der Waals surface area contributed by atoms with Gasteiger partial charge >= 0.3 is 0 Å². The Kier molecular flexibility index (Phi) is 2.02. The second-order valence-corrected chi connectivity index (χ2v) is 3.35. The summed E-state index contributed by atoms with van der Waals surface area (Å²) in [6.45, 7) is 0. The fourth-order valence-corrected chi connectivity index (χ4v) is 1.84. The second kappa shape index (κ2) is 3.05. The van der Waals surface area contributed by atoms with Gasteiger partial charge in [-0.25, -0.2) is 0 Å². The lowest BCUT2D eigenvalue weighted by Crippen LogP contribution is -1.86. The van der Waals surface area contributed by atoms with Crippen molar-refractivity contribution in [2.75, 3.05) is 0 Å². The number of para-hydroxylation sites is 1. The van der Waals surface area contributed by atoms with E-state index in [9.17, 15) is 4.79 Å². The molecule has 0 aliphatic carbocycles. The van der Waals surface area contributed by atoms with Gasteiger partial charge in [0.05, 0.1) is 5.56 Å². The minimum absolute atomic E-state index is 0.293. The zero-order chi connectivity index (χ0) is 9.42. The van der Waals surface area contributed by atoms with Gasteiger partial charge in [-0.2, -0.15) is 0 Å². The van der Waals surface area contributed by atoms with Crippen LogP contribution in [-0.2, 0) is 0 Å². The Bertz CT molecular complexity index is 475. The van der Waals surface area contributed by atoms with Crippen LogP contribution in [0.15, 0.2) is 24.3 Å². The molecule has 1 aromatic carbocycles. The molecule has 0 aliphatic heterocycles. The summed E-state index contributed by atoms with van der Waals surface area (Å²) in [6, 6.07) is 7.32. The molecule has 0 amide bonds. The summed E-state index contributed by atoms with van der Waals surface area (Å²) < 4.78 is 0. The summed E-state index contributed by atoms with van der Waals surface area (Å²) in [6.07, 6.45) is 0. The maximum absolute atomic E-state index is 11.0. The van der Waals surface area contributed by atoms with Gasteiger partial charge in [0.2, 0.25) is 0 Å². The van der Waals surface area contributed by atoms with Gasteiger partial charge in [-0.3, -0.25) is 4.79 Å². The molecule has 4 heteroatoms. The Balaban J connectivity index is 2.86. The van der Waals surface area contributed by atoms with Gasteiger partial charge < -0.3 is 4.98 Å². The van der Waals surface area contributed by atoms with Crippen LogP contribution in [0.2, 0.25) is 5.15 Å². The van der Waals surface area contributed by atoms with Crippen molar-refractivity contribution in [3.8, 4) is 0 Å². The molecule has 2 aromatic rings. The lowest BCUT2D eigenvalue weighted by atomic mass is 10.2. The normalized spacial score (nSPS) is 10.6. The van der Waals surface area contributed by atoms with E-state index in [1.54, 1.807) is 6.07 Å². The first-order valence-corrected chi connectivity index (χ1v) is 4.42. The van der Waals surface area contributed by atoms with E-state index in [4.69, 9.17) is 23.2 Å². The average molecular weight is 214 g/mol. The largest absolute Gasteiger partial charge is 0.345 e. The summed E-state index contributed by atoms with van der Waals surface area (Å²) in [7, 11) is 0. The first kappa shape index (κ1) is 8.60. The molecule has 0 radical (unpaired) electrons. The standard InChI is InChI=1S/C9H5Cl2NO/c10-8-7(9(11)13)5-3-1-2-4-6(5)12-8/h1-4,12H. The lowest BCUT2D eigenvalue weighted by Gasteiger charge is -1.90. The van der Waals surface area contributed by atoms with E-state index < -0.39 is 5.24 Å². The van der Waals surface area contributed by atoms with E-state index in [-0.39, 0.29) is 0 Å². The van der Waals surface area contributed by atoms with Crippen LogP contribution in [0.5, 0.6) is 0 Å². The third-order valence-electron chi connectivity index (χ3n) is 1.86. The molecule has 0 fully saturated rings. The predicted molar refractivity (Wildman–Crippen MR) is 53.5 cm³/mol. The first-order chi connectivity index (χ1) is 6.20. The highest BCUT2D eigenvalue weighted by atomic mass is 35.5. The molecule has 0 atom stereocenters. The number of H-pyrrole nitrogens is 1. The van der Waals surface area contributed by atoms with E-state index in [0.717, 1.165) is 10.9 Å². The van der Waals surface area contributed by atoms with Gasteiger partial charge in [-0.15, -0.1) is 0 Å². The molecular formula is C9H5Cl2NO. The Hall–Kier alpha value is -0.990. The van der Waals surface area contributed by atoms with Crippen molar-refractivity contribution in [2.45, 2.75) is 0 Å². The van der Waals surface area contributed by atoms with Crippen LogP contribution < -0.4 is 0 Å². The van der Waals surface area contributed by atoms with Crippen molar-refractivity contribution >= 4 is 39.3 Å². The maximum Gasteiger partial charge on any atom is 0.256 e. The number of hydrogen-bond acceptors (Lipinski definition) is 1. The van der Waals surface area contributed by atoms with Gasteiger partial charge in [0.1, 0.15) is 5.15 Å². The summed E-state index contributed by atoms with van der Waals surface area (Å²) in [4.78, 5) is 13.9. The Morgan fingerprint density at radius 3 is 2.69 bits per heavy atom. The fourth-order valence-electron chi connectivity index (χ4n) is 1.30. The van der Waals surface area contributed by atoms with Crippen LogP contribution in [-0.4, -0.2) is 10.2 Å². The minimum atomic E-state index is -0.539. The maximum atomic E-state index is 11.0. The molecule has 66 valence electrons. The Labute approximate surface area is 84.5 Å². The number of rotatable bonds is 1. The van der Waals surface area contributed by atoms with Crippen LogP contribution in [0, 0.1) is 0 Å². The van der Waals surface area contributed by atoms with Crippen LogP contribution >= 0.6 is 23.2 Å². The fraction of sp³-hybridized carbons (Fsp3) is 0. The number of nitrogens with one attached hydrogen (secondary N) is 1. The topological polar surface area (TPSA) is 32.9 Å². The van der Waals surface area contributed by atoms with Gasteiger partial charge in [0.15, 0.2) is 0 Å². The number of carbonyl (C=O) groups excluding carboxylic acids is 1. The molecule has 1 N–H and O–H groups in total. The molecule has 2 rings (SSSR count). The minimum Gasteiger partial charge on any atom is -0.345 e. The van der Waals surface area contributed by atoms with E-state index in [2.05, 4.69) is 4.98 Å². The average Bonchev–Trinajstić information content (AvgIpc) is 2.39. The molecule has 0 unspecified atom stereocenters. The number of halogens is 2. The number of aromatic nitrogens is 1. The van der Waals surface area contributed by atoms with Crippen molar-refractivity contribution in [3.63, 3.8) is 0 Å². The quantitative estimate of drug-likeness (QED) is 0.726. The first-order valence-electron chi connectivity index (χ1n) is 3.66. The summed E-state index contributed by atoms with van der Waals surface area (Å²) in [5.41, 5.74) is 1.16. The van der Waals surface area contributed by atoms with Crippen molar-refractivity contribution in [1.82, 2.24) is 4.98 Å². The molecule has 0 bridgehead atoms. The number of carbonyl (C=O) groups is 1. The van der Waals surface area contributed by atoms with Gasteiger partial charge in [-0.05, 0) is 17.7 Å². The SMILES string of the molecule is O=C(Cl)c1c(Cl)[nH]c2ccccc12. The van der Waals surface area contributed by atoms with Crippen molar-refractivity contribution in [2.24, 2.45) is 0 Å². The number of hydrogen-bond donors (Lipinski definition) is 1. The van der Waals surface area contributed by atoms with Crippen LogP contribution in [0.1, 0.15) is 10.4 Å². The molecule has 2 nitrogen and oxygen atoms in total. The van der Waals surface area contributed by atoms with Crippen molar-refractivity contribution in [3.05, 3.63) is 35.0 Å². The van der Waals surface area contributed by atoms with Crippen LogP contribution in [0.3, 0.4) is 0 Å². The lowest BCUT2D eigenvalue weighted by molar-refractivity contribution is 0.108. The number of fused-ring (bicyclic) bond motifs is 1. The molecule has 0 aliphatic rings. The second-order valence-electron chi connectivity index (χ2n) is 2.63. The molecule has 1 aromatic heterocycles. The van der Waals surface area contributed by atoms with E-state index >= 15 is 0 Å². The van der Waals surface area contributed by atoms with Crippen molar-refractivity contribution in [1.29, 1.82) is 0 Å². The molecular weight excluding hydrogens is 209 g/mol. The van der Waals surface area contributed by atoms with Crippen molar-refractivity contribution < 1.29 is 4.79 Å². The summed E-state index contributed by atoms with van der Waals surface area (Å²) >= 11 is 11.2. The molecule has 0 spiro atoms. The van der Waals surface area contributed by atoms with E-state index in [1.807, 2.05) is 18.2 Å². The van der Waals surface area contributed by atoms with Gasteiger partial charge in [-0.1, -0.05) is 29.8 Å². The van der Waals surface area contributed by atoms with E-state index in [1.165, 1.54) is 0 Å². The predicted octanol–water partition coefficient (Wildman–Crippen LogP) is 3.20. The molecule has 13 heavy (non-hydrogen) atoms. The zero-order valence-corrected chi connectivity index (χ0v) is 7.99. The van der Waals surface area contributed by atoms with Gasteiger partial charge in [0, 0.05) is 10.9 Å². The van der Waals surface area contributed by atoms with Crippen LogP contribution in [0.4, 0.5) is 0 Å². The molecule has 1 heterocycles. The summed E-state index contributed by atoms with van der Waals surface area (Å²) in [5.74, 6) is 0.